The molecule has 3 aromatic rings. The van der Waals surface area contributed by atoms with E-state index in [-0.39, 0.29) is 16.9 Å². The average Bonchev–Trinajstić information content (AvgIpc) is 2.80. The summed E-state index contributed by atoms with van der Waals surface area (Å²) in [5.74, 6) is -4.69. The van der Waals surface area contributed by atoms with Crippen LogP contribution in [0.1, 0.15) is 18.6 Å². The molecule has 1 saturated heterocycles. The maximum Gasteiger partial charge on any atom is 0.238 e. The van der Waals surface area contributed by atoms with Gasteiger partial charge in [-0.25, -0.2) is 0 Å². The highest BCUT2D eigenvalue weighted by Crippen LogP contribution is 2.46. The van der Waals surface area contributed by atoms with Crippen LogP contribution < -0.4 is 10.2 Å². The Hall–Kier alpha value is -3.71. The molecule has 0 unspecified atom stereocenters. The smallest absolute Gasteiger partial charge is 0.238 e. The van der Waals surface area contributed by atoms with Crippen molar-refractivity contribution in [3.05, 3.63) is 34.0 Å². The number of ether oxygens (including phenoxy) is 2. The Morgan fingerprint density at radius 2 is 1.47 bits per heavy atom. The minimum atomic E-state index is -1.71. The van der Waals surface area contributed by atoms with E-state index in [0.717, 1.165) is 18.2 Å². The van der Waals surface area contributed by atoms with Gasteiger partial charge in [0.15, 0.2) is 28.6 Å². The van der Waals surface area contributed by atoms with E-state index < -0.39 is 81.4 Å². The van der Waals surface area contributed by atoms with E-state index in [2.05, 4.69) is 0 Å². The average molecular weight is 478 g/mol. The van der Waals surface area contributed by atoms with E-state index in [1.165, 1.54) is 14.0 Å². The Balaban J connectivity index is 2.07. The molecular weight excluding hydrogens is 456 g/mol. The van der Waals surface area contributed by atoms with Crippen molar-refractivity contribution in [3.63, 3.8) is 0 Å². The van der Waals surface area contributed by atoms with Crippen LogP contribution in [0.2, 0.25) is 0 Å². The van der Waals surface area contributed by atoms with Gasteiger partial charge in [-0.3, -0.25) is 4.79 Å². The fourth-order valence-electron chi connectivity index (χ4n) is 3.99. The van der Waals surface area contributed by atoms with Crippen molar-refractivity contribution in [1.82, 2.24) is 0 Å². The maximum atomic E-state index is 13.0. The molecule has 182 valence electrons. The Bertz CT molecular complexity index is 1310. The number of phenolic OH excluding ortho intramolecular Hbond substituents is 4. The van der Waals surface area contributed by atoms with Crippen LogP contribution in [0.3, 0.4) is 0 Å². The van der Waals surface area contributed by atoms with Gasteiger partial charge < -0.3 is 54.7 Å². The lowest BCUT2D eigenvalue weighted by molar-refractivity contribution is -0.219. The third-order valence-electron chi connectivity index (χ3n) is 5.81. The summed E-state index contributed by atoms with van der Waals surface area (Å²) in [6, 6.07) is 2.85. The first-order chi connectivity index (χ1) is 16.0. The lowest BCUT2D eigenvalue weighted by Gasteiger charge is -2.39. The van der Waals surface area contributed by atoms with Crippen molar-refractivity contribution in [2.24, 2.45) is 0 Å². The van der Waals surface area contributed by atoms with Crippen molar-refractivity contribution >= 4 is 11.0 Å². The van der Waals surface area contributed by atoms with Gasteiger partial charge in [-0.15, -0.1) is 0 Å². The molecule has 0 bridgehead atoms. The van der Waals surface area contributed by atoms with Crippen LogP contribution in [0.4, 0.5) is 0 Å². The Kier molecular flexibility index (Phi) is 5.69. The fourth-order valence-corrected chi connectivity index (χ4v) is 3.99. The topological polar surface area (TPSA) is 211 Å². The monoisotopic (exact) mass is 478 g/mol. The molecule has 0 spiro atoms. The summed E-state index contributed by atoms with van der Waals surface area (Å²) in [6.45, 7) is 1.44. The highest BCUT2D eigenvalue weighted by molar-refractivity contribution is 5.91. The Labute approximate surface area is 190 Å². The number of aliphatic hydroxyl groups is 3. The molecule has 1 aliphatic heterocycles. The van der Waals surface area contributed by atoms with E-state index in [1.807, 2.05) is 0 Å². The molecule has 0 aliphatic carbocycles. The number of rotatable bonds is 3. The molecule has 0 amide bonds. The molecule has 8 N–H and O–H groups in total. The first kappa shape index (κ1) is 23.4. The van der Waals surface area contributed by atoms with Crippen LogP contribution in [-0.2, 0) is 4.74 Å². The van der Waals surface area contributed by atoms with Crippen LogP contribution in [0.5, 0.6) is 34.5 Å². The fraction of sp³-hybridized carbons (Fsp3) is 0.318. The molecule has 5 atom stereocenters. The number of benzene rings is 2. The van der Waals surface area contributed by atoms with Gasteiger partial charge in [-0.1, -0.05) is 0 Å². The molecule has 1 fully saturated rings. The number of aromatic hydroxyl groups is 5. The van der Waals surface area contributed by atoms with Gasteiger partial charge in [0.25, 0.3) is 0 Å². The molecule has 1 aliphatic rings. The van der Waals surface area contributed by atoms with Crippen LogP contribution in [0.25, 0.3) is 22.3 Å². The van der Waals surface area contributed by atoms with E-state index in [1.54, 1.807) is 0 Å². The molecule has 12 heteroatoms. The molecule has 4 rings (SSSR count). The summed E-state index contributed by atoms with van der Waals surface area (Å²) in [6.07, 6.45) is -7.15. The summed E-state index contributed by atoms with van der Waals surface area (Å²) in [5, 5.41) is 80.7. The van der Waals surface area contributed by atoms with E-state index in [0.29, 0.717) is 0 Å². The first-order valence-corrected chi connectivity index (χ1v) is 10.0. The second-order valence-electron chi connectivity index (χ2n) is 7.92. The van der Waals surface area contributed by atoms with Gasteiger partial charge in [0.1, 0.15) is 41.3 Å². The number of hydrogen-bond acceptors (Lipinski definition) is 12. The standard InChI is InChI=1S/C22H22O12/c1-6-14(26)17(29)19(31)22(33-6)13-11(32-2)5-8(23)12-16(28)18(30)20(34-21(12)13)7-3-9(24)15(27)10(25)4-7/h3-6,14,17,19,22-27,29-31H,1-2H3/t6-,14-,17+,19+,22-/m0/s1. The summed E-state index contributed by atoms with van der Waals surface area (Å²) in [4.78, 5) is 13.0. The quantitative estimate of drug-likeness (QED) is 0.242. The van der Waals surface area contributed by atoms with E-state index >= 15 is 0 Å². The third-order valence-corrected chi connectivity index (χ3v) is 5.81. The van der Waals surface area contributed by atoms with Crippen LogP contribution in [0, 0.1) is 0 Å². The van der Waals surface area contributed by atoms with Gasteiger partial charge in [-0.2, -0.15) is 0 Å². The number of hydrogen-bond donors (Lipinski definition) is 8. The zero-order valence-electron chi connectivity index (χ0n) is 17.8. The minimum Gasteiger partial charge on any atom is -0.507 e. The Morgan fingerprint density at radius 3 is 2.06 bits per heavy atom. The number of aliphatic hydroxyl groups excluding tert-OH is 3. The van der Waals surface area contributed by atoms with E-state index in [4.69, 9.17) is 13.9 Å². The van der Waals surface area contributed by atoms with Crippen LogP contribution in [0.15, 0.2) is 27.4 Å². The van der Waals surface area contributed by atoms with Crippen molar-refractivity contribution in [2.45, 2.75) is 37.4 Å². The van der Waals surface area contributed by atoms with Crippen molar-refractivity contribution in [3.8, 4) is 45.8 Å². The minimum absolute atomic E-state index is 0.110. The zero-order chi connectivity index (χ0) is 25.1. The maximum absolute atomic E-state index is 13.0. The van der Waals surface area contributed by atoms with Crippen LogP contribution >= 0.6 is 0 Å². The normalized spacial score (nSPS) is 24.9. The van der Waals surface area contributed by atoms with Crippen molar-refractivity contribution in [1.29, 1.82) is 0 Å². The van der Waals surface area contributed by atoms with Crippen molar-refractivity contribution < 1.29 is 54.7 Å². The molecule has 0 saturated carbocycles. The summed E-state index contributed by atoms with van der Waals surface area (Å²) >= 11 is 0. The lowest BCUT2D eigenvalue weighted by Crippen LogP contribution is -2.53. The van der Waals surface area contributed by atoms with Gasteiger partial charge >= 0.3 is 0 Å². The van der Waals surface area contributed by atoms with Crippen LogP contribution in [-0.4, -0.2) is 72.4 Å². The lowest BCUT2D eigenvalue weighted by atomic mass is 9.90. The number of phenols is 4. The van der Waals surface area contributed by atoms with Gasteiger partial charge in [0, 0.05) is 11.6 Å². The van der Waals surface area contributed by atoms with Gasteiger partial charge in [0.05, 0.1) is 18.8 Å². The molecule has 12 nitrogen and oxygen atoms in total. The second kappa shape index (κ2) is 8.25. The number of fused-ring (bicyclic) bond motifs is 1. The van der Waals surface area contributed by atoms with E-state index in [9.17, 15) is 45.6 Å². The summed E-state index contributed by atoms with van der Waals surface area (Å²) < 4.78 is 16.7. The molecule has 34 heavy (non-hydrogen) atoms. The predicted molar refractivity (Wildman–Crippen MR) is 114 cm³/mol. The SMILES string of the molecule is COc1cc(O)c2c(=O)c(O)c(-c3cc(O)c(O)c(O)c3)oc2c1[C@@H]1O[C@@H](C)[C@H](O)[C@@H](O)[C@H]1O. The van der Waals surface area contributed by atoms with Gasteiger partial charge in [0.2, 0.25) is 11.2 Å². The summed E-state index contributed by atoms with van der Waals surface area (Å²) in [5.41, 5.74) is -1.84. The molecule has 1 aromatic heterocycles. The summed E-state index contributed by atoms with van der Waals surface area (Å²) in [7, 11) is 1.23. The molecule has 2 heterocycles. The second-order valence-corrected chi connectivity index (χ2v) is 7.92. The molecule has 2 aromatic carbocycles. The highest BCUT2D eigenvalue weighted by atomic mass is 16.5. The highest BCUT2D eigenvalue weighted by Gasteiger charge is 2.45. The zero-order valence-corrected chi connectivity index (χ0v) is 17.8. The van der Waals surface area contributed by atoms with Gasteiger partial charge in [-0.05, 0) is 19.1 Å². The largest absolute Gasteiger partial charge is 0.507 e. The number of methoxy groups -OCH3 is 1. The third kappa shape index (κ3) is 3.44. The molecule has 0 radical (unpaired) electrons. The molecular formula is C22H22O12. The Morgan fingerprint density at radius 1 is 0.853 bits per heavy atom. The predicted octanol–water partition coefficient (Wildman–Crippen LogP) is 0.539. The first-order valence-electron chi connectivity index (χ1n) is 10.0. The van der Waals surface area contributed by atoms with Crippen molar-refractivity contribution in [2.75, 3.05) is 7.11 Å².